The van der Waals surface area contributed by atoms with Crippen molar-refractivity contribution in [2.75, 3.05) is 5.32 Å². The molecule has 0 radical (unpaired) electrons. The second-order valence-corrected chi connectivity index (χ2v) is 9.01. The lowest BCUT2D eigenvalue weighted by molar-refractivity contribution is -0.143. The lowest BCUT2D eigenvalue weighted by atomic mass is 9.79. The minimum absolute atomic E-state index is 0.0647. The Morgan fingerprint density at radius 1 is 1.15 bits per heavy atom. The molecule has 1 saturated carbocycles. The topological polar surface area (TPSA) is 55.4 Å². The van der Waals surface area contributed by atoms with E-state index in [-0.39, 0.29) is 17.3 Å². The highest BCUT2D eigenvalue weighted by molar-refractivity contribution is 5.97. The lowest BCUT2D eigenvalue weighted by Crippen LogP contribution is -2.34. The number of rotatable bonds is 6. The number of benzene rings is 1. The van der Waals surface area contributed by atoms with E-state index in [4.69, 9.17) is 4.74 Å². The van der Waals surface area contributed by atoms with Crippen LogP contribution in [0, 0.1) is 16.7 Å². The summed E-state index contributed by atoms with van der Waals surface area (Å²) in [5, 5.41) is 3.06. The highest BCUT2D eigenvalue weighted by atomic mass is 16.5. The highest BCUT2D eigenvalue weighted by Crippen LogP contribution is 2.44. The standard InChI is InChI=1S/C22H33NO3/c1-16(2)12-15-22(13-8-9-14-22)19(24)23-17-10-6-7-11-18(17)26-20(25)21(3,4)5/h6-7,10-11,16H,8-9,12-15H2,1-5H3,(H,23,24). The molecule has 0 saturated heterocycles. The van der Waals surface area contributed by atoms with E-state index < -0.39 is 5.41 Å². The van der Waals surface area contributed by atoms with Gasteiger partial charge >= 0.3 is 5.97 Å². The average Bonchev–Trinajstić information content (AvgIpc) is 3.04. The van der Waals surface area contributed by atoms with Crippen LogP contribution in [0.25, 0.3) is 0 Å². The number of ether oxygens (including phenoxy) is 1. The van der Waals surface area contributed by atoms with Crippen molar-refractivity contribution in [3.63, 3.8) is 0 Å². The first-order chi connectivity index (χ1) is 12.1. The van der Waals surface area contributed by atoms with E-state index >= 15 is 0 Å². The molecule has 1 aliphatic carbocycles. The van der Waals surface area contributed by atoms with Crippen molar-refractivity contribution in [1.29, 1.82) is 0 Å². The van der Waals surface area contributed by atoms with Gasteiger partial charge in [-0.3, -0.25) is 9.59 Å². The average molecular weight is 360 g/mol. The maximum absolute atomic E-state index is 13.1. The van der Waals surface area contributed by atoms with Crippen molar-refractivity contribution in [3.05, 3.63) is 24.3 Å². The summed E-state index contributed by atoms with van der Waals surface area (Å²) in [5.41, 5.74) is -0.308. The number of esters is 1. The molecule has 1 aromatic rings. The molecule has 0 aromatic heterocycles. The van der Waals surface area contributed by atoms with Gasteiger partial charge in [-0.25, -0.2) is 0 Å². The van der Waals surface area contributed by atoms with E-state index in [0.717, 1.165) is 38.5 Å². The summed E-state index contributed by atoms with van der Waals surface area (Å²) in [6.07, 6.45) is 6.05. The van der Waals surface area contributed by atoms with Crippen molar-refractivity contribution < 1.29 is 14.3 Å². The first-order valence-electron chi connectivity index (χ1n) is 9.77. The van der Waals surface area contributed by atoms with E-state index in [2.05, 4.69) is 19.2 Å². The third-order valence-electron chi connectivity index (χ3n) is 5.19. The molecular formula is C22H33NO3. The van der Waals surface area contributed by atoms with Gasteiger partial charge in [-0.1, -0.05) is 38.8 Å². The molecule has 4 nitrogen and oxygen atoms in total. The number of hydrogen-bond acceptors (Lipinski definition) is 3. The first-order valence-corrected chi connectivity index (χ1v) is 9.77. The zero-order chi connectivity index (χ0) is 19.4. The monoisotopic (exact) mass is 359 g/mol. The molecule has 1 fully saturated rings. The summed E-state index contributed by atoms with van der Waals surface area (Å²) in [7, 11) is 0. The molecule has 0 heterocycles. The molecule has 1 N–H and O–H groups in total. The molecule has 1 aliphatic rings. The van der Waals surface area contributed by atoms with E-state index in [0.29, 0.717) is 17.4 Å². The fourth-order valence-electron chi connectivity index (χ4n) is 3.37. The molecule has 0 aliphatic heterocycles. The van der Waals surface area contributed by atoms with E-state index in [1.165, 1.54) is 0 Å². The van der Waals surface area contributed by atoms with Gasteiger partial charge in [0.1, 0.15) is 0 Å². The predicted octanol–water partition coefficient (Wildman–Crippen LogP) is 5.57. The first kappa shape index (κ1) is 20.5. The summed E-state index contributed by atoms with van der Waals surface area (Å²) < 4.78 is 5.55. The smallest absolute Gasteiger partial charge is 0.316 e. The third kappa shape index (κ3) is 5.09. The largest absolute Gasteiger partial charge is 0.424 e. The van der Waals surface area contributed by atoms with Crippen LogP contribution >= 0.6 is 0 Å². The molecular weight excluding hydrogens is 326 g/mol. The Hall–Kier alpha value is -1.84. The minimum Gasteiger partial charge on any atom is -0.424 e. The summed E-state index contributed by atoms with van der Waals surface area (Å²) >= 11 is 0. The fraction of sp³-hybridized carbons (Fsp3) is 0.636. The van der Waals surface area contributed by atoms with Gasteiger partial charge in [0.2, 0.25) is 5.91 Å². The zero-order valence-corrected chi connectivity index (χ0v) is 16.9. The molecule has 0 unspecified atom stereocenters. The maximum atomic E-state index is 13.1. The second-order valence-electron chi connectivity index (χ2n) is 9.01. The fourth-order valence-corrected chi connectivity index (χ4v) is 3.37. The Morgan fingerprint density at radius 2 is 1.77 bits per heavy atom. The third-order valence-corrected chi connectivity index (χ3v) is 5.19. The van der Waals surface area contributed by atoms with Gasteiger partial charge in [0.15, 0.2) is 5.75 Å². The molecule has 0 bridgehead atoms. The highest BCUT2D eigenvalue weighted by Gasteiger charge is 2.41. The van der Waals surface area contributed by atoms with Crippen LogP contribution in [0.4, 0.5) is 5.69 Å². The second kappa shape index (κ2) is 8.24. The van der Waals surface area contributed by atoms with Gasteiger partial charge in [0.05, 0.1) is 11.1 Å². The van der Waals surface area contributed by atoms with Crippen LogP contribution in [0.1, 0.15) is 73.1 Å². The Kier molecular flexibility index (Phi) is 6.48. The van der Waals surface area contributed by atoms with Crippen molar-refractivity contribution >= 4 is 17.6 Å². The van der Waals surface area contributed by atoms with Crippen molar-refractivity contribution in [1.82, 2.24) is 0 Å². The van der Waals surface area contributed by atoms with Crippen LogP contribution in [0.3, 0.4) is 0 Å². The predicted molar refractivity (Wildman–Crippen MR) is 105 cm³/mol. The van der Waals surface area contributed by atoms with Gasteiger partial charge in [0.25, 0.3) is 0 Å². The molecule has 1 amide bonds. The molecule has 0 spiro atoms. The van der Waals surface area contributed by atoms with Crippen LogP contribution in [-0.4, -0.2) is 11.9 Å². The van der Waals surface area contributed by atoms with Gasteiger partial charge < -0.3 is 10.1 Å². The van der Waals surface area contributed by atoms with Gasteiger partial charge in [-0.05, 0) is 64.5 Å². The van der Waals surface area contributed by atoms with E-state index in [1.807, 2.05) is 32.9 Å². The number of nitrogens with one attached hydrogen (secondary N) is 1. The minimum atomic E-state index is -0.596. The van der Waals surface area contributed by atoms with Crippen molar-refractivity contribution in [2.45, 2.75) is 73.1 Å². The molecule has 0 atom stereocenters. The lowest BCUT2D eigenvalue weighted by Gasteiger charge is -2.29. The van der Waals surface area contributed by atoms with Crippen LogP contribution < -0.4 is 10.1 Å². The Morgan fingerprint density at radius 3 is 2.35 bits per heavy atom. The van der Waals surface area contributed by atoms with Crippen LogP contribution in [-0.2, 0) is 9.59 Å². The van der Waals surface area contributed by atoms with Gasteiger partial charge in [-0.15, -0.1) is 0 Å². The van der Waals surface area contributed by atoms with Crippen LogP contribution in [0.5, 0.6) is 5.75 Å². The van der Waals surface area contributed by atoms with Gasteiger partial charge in [0, 0.05) is 5.41 Å². The van der Waals surface area contributed by atoms with Crippen LogP contribution in [0.2, 0.25) is 0 Å². The SMILES string of the molecule is CC(C)CCC1(C(=O)Nc2ccccc2OC(=O)C(C)(C)C)CCCC1. The Labute approximate surface area is 157 Å². The number of para-hydroxylation sites is 2. The molecule has 4 heteroatoms. The normalized spacial score (nSPS) is 16.5. The van der Waals surface area contributed by atoms with E-state index in [1.54, 1.807) is 12.1 Å². The van der Waals surface area contributed by atoms with E-state index in [9.17, 15) is 9.59 Å². The number of amides is 1. The van der Waals surface area contributed by atoms with Crippen molar-refractivity contribution in [2.24, 2.45) is 16.7 Å². The molecule has 26 heavy (non-hydrogen) atoms. The number of anilines is 1. The summed E-state index contributed by atoms with van der Waals surface area (Å²) in [6.45, 7) is 9.84. The van der Waals surface area contributed by atoms with Crippen LogP contribution in [0.15, 0.2) is 24.3 Å². The number of carbonyl (C=O) groups is 2. The van der Waals surface area contributed by atoms with Crippen molar-refractivity contribution in [3.8, 4) is 5.75 Å². The maximum Gasteiger partial charge on any atom is 0.316 e. The summed E-state index contributed by atoms with van der Waals surface area (Å²) in [6, 6.07) is 7.19. The Bertz CT molecular complexity index is 637. The Balaban J connectivity index is 2.16. The number of hydrogen-bond donors (Lipinski definition) is 1. The summed E-state index contributed by atoms with van der Waals surface area (Å²) in [5.74, 6) is 0.752. The quantitative estimate of drug-likeness (QED) is 0.533. The number of carbonyl (C=O) groups excluding carboxylic acids is 2. The molecule has 1 aromatic carbocycles. The van der Waals surface area contributed by atoms with Gasteiger partial charge in [-0.2, -0.15) is 0 Å². The summed E-state index contributed by atoms with van der Waals surface area (Å²) in [4.78, 5) is 25.4. The molecule has 144 valence electrons. The zero-order valence-electron chi connectivity index (χ0n) is 16.9. The molecule has 2 rings (SSSR count).